The summed E-state index contributed by atoms with van der Waals surface area (Å²) < 4.78 is 27.9. The van der Waals surface area contributed by atoms with E-state index < -0.39 is 10.0 Å². The van der Waals surface area contributed by atoms with Gasteiger partial charge in [-0.15, -0.1) is 11.3 Å². The molecule has 2 aromatic heterocycles. The monoisotopic (exact) mass is 429 g/mol. The summed E-state index contributed by atoms with van der Waals surface area (Å²) in [5.41, 5.74) is 2.44. The largest absolute Gasteiger partial charge is 0.361 e. The van der Waals surface area contributed by atoms with Crippen LogP contribution in [0.15, 0.2) is 46.8 Å². The van der Waals surface area contributed by atoms with Crippen LogP contribution in [-0.2, 0) is 10.0 Å². The minimum Gasteiger partial charge on any atom is -0.361 e. The van der Waals surface area contributed by atoms with Crippen molar-refractivity contribution < 1.29 is 13.2 Å². The number of aromatic amines is 1. The summed E-state index contributed by atoms with van der Waals surface area (Å²) in [6, 6.07) is 9.85. The second kappa shape index (κ2) is 7.27. The molecule has 1 aromatic carbocycles. The van der Waals surface area contributed by atoms with Gasteiger partial charge in [0.2, 0.25) is 10.0 Å². The summed E-state index contributed by atoms with van der Waals surface area (Å²) in [6.07, 6.45) is 5.57. The Balaban J connectivity index is 1.30. The quantitative estimate of drug-likeness (QED) is 0.649. The van der Waals surface area contributed by atoms with Gasteiger partial charge in [0, 0.05) is 36.2 Å². The van der Waals surface area contributed by atoms with Crippen molar-refractivity contribution in [2.24, 2.45) is 0 Å². The fourth-order valence-corrected chi connectivity index (χ4v) is 6.81. The molecule has 1 saturated carbocycles. The molecule has 29 heavy (non-hydrogen) atoms. The van der Waals surface area contributed by atoms with Crippen molar-refractivity contribution in [3.05, 3.63) is 52.3 Å². The predicted molar refractivity (Wildman–Crippen MR) is 114 cm³/mol. The van der Waals surface area contributed by atoms with Gasteiger partial charge in [-0.2, -0.15) is 0 Å². The van der Waals surface area contributed by atoms with Crippen LogP contribution in [0.2, 0.25) is 0 Å². The summed E-state index contributed by atoms with van der Waals surface area (Å²) in [5.74, 6) is 0.229. The number of aromatic nitrogens is 1. The molecule has 0 radical (unpaired) electrons. The Morgan fingerprint density at radius 1 is 1.10 bits per heavy atom. The fraction of sp³-hybridized carbons (Fsp3) is 0.381. The van der Waals surface area contributed by atoms with E-state index in [9.17, 15) is 13.2 Å². The number of hydrogen-bond acceptors (Lipinski definition) is 4. The number of sulfonamides is 1. The van der Waals surface area contributed by atoms with E-state index in [0.29, 0.717) is 23.9 Å². The lowest BCUT2D eigenvalue weighted by molar-refractivity contribution is 0.0714. The van der Waals surface area contributed by atoms with Gasteiger partial charge in [0.15, 0.2) is 0 Å². The van der Waals surface area contributed by atoms with E-state index in [4.69, 9.17) is 0 Å². The van der Waals surface area contributed by atoms with Crippen LogP contribution in [-0.4, -0.2) is 43.3 Å². The molecule has 0 atom stereocenters. The Morgan fingerprint density at radius 3 is 2.62 bits per heavy atom. The maximum Gasteiger partial charge on any atom is 0.265 e. The number of likely N-dealkylation sites (tertiary alicyclic amines) is 1. The number of benzene rings is 1. The van der Waals surface area contributed by atoms with Crippen molar-refractivity contribution in [2.75, 3.05) is 13.1 Å². The van der Waals surface area contributed by atoms with Crippen LogP contribution in [0.5, 0.6) is 0 Å². The number of carbonyl (C=O) groups excluding carboxylic acids is 1. The zero-order valence-corrected chi connectivity index (χ0v) is 17.6. The molecule has 8 heteroatoms. The molecule has 0 bridgehead atoms. The Kier molecular flexibility index (Phi) is 4.72. The molecule has 2 aliphatic rings. The van der Waals surface area contributed by atoms with E-state index in [-0.39, 0.29) is 16.8 Å². The number of H-pyrrole nitrogens is 1. The van der Waals surface area contributed by atoms with Gasteiger partial charge in [-0.25, -0.2) is 13.1 Å². The van der Waals surface area contributed by atoms with Gasteiger partial charge < -0.3 is 9.88 Å². The molecule has 0 unspecified atom stereocenters. The smallest absolute Gasteiger partial charge is 0.265 e. The van der Waals surface area contributed by atoms with Crippen LogP contribution in [0.25, 0.3) is 10.9 Å². The standard InChI is InChI=1S/C21H23N3O3S2/c25-21(20-19(9-12-28-20)29(26,27)23-15-5-6-15)24-10-7-14(8-11-24)17-13-22-18-4-2-1-3-16(17)18/h1-4,9,12-15,22-23H,5-8,10-11H2. The van der Waals surface area contributed by atoms with E-state index in [0.717, 1.165) is 31.2 Å². The lowest BCUT2D eigenvalue weighted by Crippen LogP contribution is -2.38. The molecular formula is C21H23N3O3S2. The maximum absolute atomic E-state index is 13.1. The van der Waals surface area contributed by atoms with Crippen molar-refractivity contribution in [3.63, 3.8) is 0 Å². The van der Waals surface area contributed by atoms with Crippen LogP contribution in [0, 0.1) is 0 Å². The maximum atomic E-state index is 13.1. The number of carbonyl (C=O) groups is 1. The van der Waals surface area contributed by atoms with Gasteiger partial charge in [-0.05, 0) is 54.7 Å². The number of piperidine rings is 1. The molecule has 2 N–H and O–H groups in total. The Bertz CT molecular complexity index is 1150. The lowest BCUT2D eigenvalue weighted by atomic mass is 9.89. The molecule has 0 spiro atoms. The summed E-state index contributed by atoms with van der Waals surface area (Å²) in [5, 5.41) is 2.93. The molecule has 1 aliphatic heterocycles. The lowest BCUT2D eigenvalue weighted by Gasteiger charge is -2.32. The first-order valence-corrected chi connectivity index (χ1v) is 12.3. The number of rotatable bonds is 5. The summed E-state index contributed by atoms with van der Waals surface area (Å²) in [7, 11) is -3.63. The second-order valence-corrected chi connectivity index (χ2v) is 10.5. The number of amides is 1. The summed E-state index contributed by atoms with van der Waals surface area (Å²) in [6.45, 7) is 1.27. The molecular weight excluding hydrogens is 406 g/mol. The van der Waals surface area contributed by atoms with Crippen molar-refractivity contribution in [1.29, 1.82) is 0 Å². The summed E-state index contributed by atoms with van der Waals surface area (Å²) in [4.78, 5) is 18.7. The third-order valence-electron chi connectivity index (χ3n) is 5.86. The first-order chi connectivity index (χ1) is 14.0. The zero-order chi connectivity index (χ0) is 20.0. The Morgan fingerprint density at radius 2 is 1.86 bits per heavy atom. The minimum absolute atomic E-state index is 0.0229. The minimum atomic E-state index is -3.63. The normalized spacial score (nSPS) is 18.4. The number of nitrogens with zero attached hydrogens (tertiary/aromatic N) is 1. The third-order valence-corrected chi connectivity index (χ3v) is 8.45. The van der Waals surface area contributed by atoms with Crippen LogP contribution in [0.1, 0.15) is 46.8 Å². The van der Waals surface area contributed by atoms with Crippen molar-refractivity contribution in [2.45, 2.75) is 42.5 Å². The average Bonchev–Trinajstić information content (AvgIpc) is 3.22. The molecule has 152 valence electrons. The van der Waals surface area contributed by atoms with Gasteiger partial charge in [0.25, 0.3) is 5.91 Å². The molecule has 1 amide bonds. The molecule has 1 saturated heterocycles. The summed E-state index contributed by atoms with van der Waals surface area (Å²) >= 11 is 1.21. The van der Waals surface area contributed by atoms with E-state index in [1.807, 2.05) is 12.1 Å². The number of fused-ring (bicyclic) bond motifs is 1. The van der Waals surface area contributed by atoms with Crippen molar-refractivity contribution in [3.8, 4) is 0 Å². The molecule has 6 nitrogen and oxygen atoms in total. The molecule has 1 aliphatic carbocycles. The van der Waals surface area contributed by atoms with Crippen molar-refractivity contribution in [1.82, 2.24) is 14.6 Å². The zero-order valence-electron chi connectivity index (χ0n) is 15.9. The highest BCUT2D eigenvalue weighted by Crippen LogP contribution is 2.34. The van der Waals surface area contributed by atoms with Crippen LogP contribution >= 0.6 is 11.3 Å². The van der Waals surface area contributed by atoms with Crippen LogP contribution < -0.4 is 4.72 Å². The van der Waals surface area contributed by atoms with E-state index in [1.54, 1.807) is 16.3 Å². The molecule has 5 rings (SSSR count). The second-order valence-electron chi connectivity index (χ2n) is 7.87. The van der Waals surface area contributed by atoms with Gasteiger partial charge >= 0.3 is 0 Å². The first-order valence-electron chi connectivity index (χ1n) is 9.98. The first kappa shape index (κ1) is 18.8. The number of nitrogens with one attached hydrogen (secondary N) is 2. The van der Waals surface area contributed by atoms with Gasteiger partial charge in [-0.1, -0.05) is 18.2 Å². The fourth-order valence-electron chi connectivity index (χ4n) is 4.12. The highest BCUT2D eigenvalue weighted by Gasteiger charge is 2.33. The highest BCUT2D eigenvalue weighted by atomic mass is 32.2. The highest BCUT2D eigenvalue weighted by molar-refractivity contribution is 7.89. The third kappa shape index (κ3) is 3.60. The van der Waals surface area contributed by atoms with Gasteiger partial charge in [-0.3, -0.25) is 4.79 Å². The molecule has 2 fully saturated rings. The van der Waals surface area contributed by atoms with E-state index >= 15 is 0 Å². The SMILES string of the molecule is O=C(c1sccc1S(=O)(=O)NC1CC1)N1CCC(c2c[nH]c3ccccc23)CC1. The molecule has 3 aromatic rings. The van der Waals surface area contributed by atoms with Gasteiger partial charge in [0.1, 0.15) is 9.77 Å². The van der Waals surface area contributed by atoms with E-state index in [2.05, 4.69) is 28.0 Å². The topological polar surface area (TPSA) is 82.3 Å². The van der Waals surface area contributed by atoms with Gasteiger partial charge in [0.05, 0.1) is 0 Å². The number of para-hydroxylation sites is 1. The number of thiophene rings is 1. The Hall–Kier alpha value is -2.16. The average molecular weight is 430 g/mol. The Labute approximate surface area is 174 Å². The molecule has 3 heterocycles. The van der Waals surface area contributed by atoms with Crippen LogP contribution in [0.4, 0.5) is 0 Å². The number of hydrogen-bond donors (Lipinski definition) is 2. The predicted octanol–water partition coefficient (Wildman–Crippen LogP) is 3.69. The van der Waals surface area contributed by atoms with Crippen molar-refractivity contribution >= 4 is 38.2 Å². The van der Waals surface area contributed by atoms with E-state index in [1.165, 1.54) is 22.3 Å². The van der Waals surface area contributed by atoms with Crippen LogP contribution in [0.3, 0.4) is 0 Å².